The highest BCUT2D eigenvalue weighted by molar-refractivity contribution is 6.36. The molecule has 0 saturated heterocycles. The van der Waals surface area contributed by atoms with Crippen molar-refractivity contribution >= 4 is 35.0 Å². The molecule has 1 aromatic heterocycles. The van der Waals surface area contributed by atoms with Gasteiger partial charge in [-0.05, 0) is 48.2 Å². The van der Waals surface area contributed by atoms with Crippen LogP contribution in [0.15, 0.2) is 42.7 Å². The van der Waals surface area contributed by atoms with E-state index >= 15 is 0 Å². The molecule has 0 spiro atoms. The number of benzene rings is 1. The molecule has 26 heavy (non-hydrogen) atoms. The Bertz CT molecular complexity index is 767. The van der Waals surface area contributed by atoms with E-state index in [0.717, 1.165) is 5.56 Å². The molecule has 0 radical (unpaired) electrons. The number of carbonyl (C=O) groups excluding carboxylic acids is 2. The Morgan fingerprint density at radius 1 is 1.12 bits per heavy atom. The number of hydrogen-bond donors (Lipinski definition) is 2. The van der Waals surface area contributed by atoms with Crippen LogP contribution in [-0.4, -0.2) is 22.8 Å². The molecule has 138 valence electrons. The Kier molecular flexibility index (Phi) is 7.42. The predicted octanol–water partition coefficient (Wildman–Crippen LogP) is 3.85. The minimum atomic E-state index is -0.656. The zero-order chi connectivity index (χ0) is 19.1. The van der Waals surface area contributed by atoms with Crippen LogP contribution in [0.2, 0.25) is 10.0 Å². The Labute approximate surface area is 163 Å². The van der Waals surface area contributed by atoms with E-state index in [1.54, 1.807) is 24.5 Å². The summed E-state index contributed by atoms with van der Waals surface area (Å²) in [6, 6.07) is 7.62. The van der Waals surface area contributed by atoms with Crippen LogP contribution in [0.4, 0.5) is 0 Å². The van der Waals surface area contributed by atoms with E-state index in [1.165, 1.54) is 6.07 Å². The first kappa shape index (κ1) is 20.2. The molecule has 1 unspecified atom stereocenters. The highest BCUT2D eigenvalue weighted by Crippen LogP contribution is 2.21. The lowest BCUT2D eigenvalue weighted by molar-refractivity contribution is -0.123. The van der Waals surface area contributed by atoms with Gasteiger partial charge in [0.2, 0.25) is 5.91 Å². The Morgan fingerprint density at radius 2 is 1.81 bits per heavy atom. The van der Waals surface area contributed by atoms with Gasteiger partial charge in [0.25, 0.3) is 5.91 Å². The number of pyridine rings is 1. The number of nitrogens with one attached hydrogen (secondary N) is 2. The summed E-state index contributed by atoms with van der Waals surface area (Å²) in [6.45, 7) is 4.35. The van der Waals surface area contributed by atoms with E-state index in [9.17, 15) is 9.59 Å². The summed E-state index contributed by atoms with van der Waals surface area (Å²) in [5.41, 5.74) is 1.22. The van der Waals surface area contributed by atoms with Crippen LogP contribution < -0.4 is 10.6 Å². The van der Waals surface area contributed by atoms with Crippen molar-refractivity contribution in [1.82, 2.24) is 15.6 Å². The quantitative estimate of drug-likeness (QED) is 0.750. The Hall–Kier alpha value is -2.11. The molecule has 2 rings (SSSR count). The summed E-state index contributed by atoms with van der Waals surface area (Å²) in [7, 11) is 0. The minimum Gasteiger partial charge on any atom is -0.350 e. The van der Waals surface area contributed by atoms with E-state index < -0.39 is 11.9 Å². The molecule has 1 heterocycles. The van der Waals surface area contributed by atoms with Gasteiger partial charge in [-0.2, -0.15) is 0 Å². The molecule has 2 N–H and O–H groups in total. The third kappa shape index (κ3) is 6.00. The molecule has 2 amide bonds. The zero-order valence-corrected chi connectivity index (χ0v) is 16.1. The second kappa shape index (κ2) is 9.55. The van der Waals surface area contributed by atoms with Gasteiger partial charge in [0.15, 0.2) is 0 Å². The predicted molar refractivity (Wildman–Crippen MR) is 103 cm³/mol. The van der Waals surface area contributed by atoms with Gasteiger partial charge in [-0.1, -0.05) is 37.0 Å². The number of aromatic nitrogens is 1. The highest BCUT2D eigenvalue weighted by Gasteiger charge is 2.23. The molecule has 1 aromatic carbocycles. The lowest BCUT2D eigenvalue weighted by Gasteiger charge is -2.20. The van der Waals surface area contributed by atoms with Crippen molar-refractivity contribution in [3.8, 4) is 0 Å². The van der Waals surface area contributed by atoms with Gasteiger partial charge in [-0.15, -0.1) is 0 Å². The molecular formula is C19H21Cl2N3O2. The van der Waals surface area contributed by atoms with E-state index in [0.29, 0.717) is 18.0 Å². The first-order chi connectivity index (χ1) is 12.4. The molecule has 0 bridgehead atoms. The van der Waals surface area contributed by atoms with Crippen molar-refractivity contribution in [2.24, 2.45) is 5.92 Å². The maximum Gasteiger partial charge on any atom is 0.253 e. The van der Waals surface area contributed by atoms with Crippen LogP contribution >= 0.6 is 23.2 Å². The first-order valence-electron chi connectivity index (χ1n) is 8.29. The third-order valence-electron chi connectivity index (χ3n) is 3.72. The number of rotatable bonds is 7. The van der Waals surface area contributed by atoms with E-state index in [1.807, 2.05) is 26.0 Å². The number of hydrogen-bond acceptors (Lipinski definition) is 3. The van der Waals surface area contributed by atoms with Gasteiger partial charge in [0.05, 0.1) is 10.6 Å². The van der Waals surface area contributed by atoms with Crippen LogP contribution in [0.5, 0.6) is 0 Å². The van der Waals surface area contributed by atoms with Crippen molar-refractivity contribution in [2.75, 3.05) is 0 Å². The fraction of sp³-hybridized carbons (Fsp3) is 0.316. The topological polar surface area (TPSA) is 71.1 Å². The van der Waals surface area contributed by atoms with Gasteiger partial charge < -0.3 is 10.6 Å². The van der Waals surface area contributed by atoms with Gasteiger partial charge in [0, 0.05) is 24.0 Å². The molecule has 0 aliphatic heterocycles. The molecule has 0 fully saturated rings. The Morgan fingerprint density at radius 3 is 2.42 bits per heavy atom. The van der Waals surface area contributed by atoms with Crippen molar-refractivity contribution in [2.45, 2.75) is 32.9 Å². The third-order valence-corrected chi connectivity index (χ3v) is 4.27. The lowest BCUT2D eigenvalue weighted by Crippen LogP contribution is -2.47. The van der Waals surface area contributed by atoms with Gasteiger partial charge in [0.1, 0.15) is 6.04 Å². The molecule has 7 heteroatoms. The van der Waals surface area contributed by atoms with Crippen molar-refractivity contribution in [3.63, 3.8) is 0 Å². The maximum absolute atomic E-state index is 12.6. The fourth-order valence-corrected chi connectivity index (χ4v) is 2.92. The number of amides is 2. The molecule has 2 aromatic rings. The fourth-order valence-electron chi connectivity index (χ4n) is 2.43. The average Bonchev–Trinajstić information content (AvgIpc) is 2.59. The number of carbonyl (C=O) groups is 2. The number of halogens is 2. The summed E-state index contributed by atoms with van der Waals surface area (Å²) >= 11 is 11.9. The van der Waals surface area contributed by atoms with Crippen LogP contribution in [-0.2, 0) is 11.3 Å². The van der Waals surface area contributed by atoms with Crippen molar-refractivity contribution in [1.29, 1.82) is 0 Å². The molecule has 0 saturated carbocycles. The van der Waals surface area contributed by atoms with Gasteiger partial charge in [-0.25, -0.2) is 0 Å². The van der Waals surface area contributed by atoms with Gasteiger partial charge in [-0.3, -0.25) is 14.6 Å². The Balaban J connectivity index is 2.05. The minimum absolute atomic E-state index is 0.229. The highest BCUT2D eigenvalue weighted by atomic mass is 35.5. The molecule has 1 atom stereocenters. The largest absolute Gasteiger partial charge is 0.350 e. The summed E-state index contributed by atoms with van der Waals surface area (Å²) in [4.78, 5) is 29.0. The summed E-state index contributed by atoms with van der Waals surface area (Å²) in [5, 5.41) is 6.31. The van der Waals surface area contributed by atoms with E-state index in [2.05, 4.69) is 15.6 Å². The normalized spacial score (nSPS) is 11.9. The summed E-state index contributed by atoms with van der Waals surface area (Å²) < 4.78 is 0. The summed E-state index contributed by atoms with van der Waals surface area (Å²) in [6.07, 6.45) is 3.84. The van der Waals surface area contributed by atoms with Crippen molar-refractivity contribution < 1.29 is 9.59 Å². The monoisotopic (exact) mass is 393 g/mol. The molecular weight excluding hydrogens is 373 g/mol. The molecule has 5 nitrogen and oxygen atoms in total. The van der Waals surface area contributed by atoms with Gasteiger partial charge >= 0.3 is 0 Å². The number of nitrogens with zero attached hydrogens (tertiary/aromatic N) is 1. The SMILES string of the molecule is CC(C)CC(NC(=O)c1ccc(Cl)cc1Cl)C(=O)NCc1ccncc1. The van der Waals surface area contributed by atoms with Crippen LogP contribution in [0, 0.1) is 5.92 Å². The molecule has 0 aliphatic carbocycles. The second-order valence-electron chi connectivity index (χ2n) is 6.35. The van der Waals surface area contributed by atoms with E-state index in [-0.39, 0.29) is 22.4 Å². The molecule has 0 aliphatic rings. The van der Waals surface area contributed by atoms with Crippen molar-refractivity contribution in [3.05, 3.63) is 63.9 Å². The summed E-state index contributed by atoms with van der Waals surface area (Å²) in [5.74, 6) is -0.419. The van der Waals surface area contributed by atoms with Crippen LogP contribution in [0.25, 0.3) is 0 Å². The van der Waals surface area contributed by atoms with Crippen LogP contribution in [0.3, 0.4) is 0 Å². The zero-order valence-electron chi connectivity index (χ0n) is 14.6. The average molecular weight is 394 g/mol. The smallest absolute Gasteiger partial charge is 0.253 e. The standard InChI is InChI=1S/C19H21Cl2N3O2/c1-12(2)9-17(19(26)23-11-13-5-7-22-8-6-13)24-18(25)15-4-3-14(20)10-16(15)21/h3-8,10,12,17H,9,11H2,1-2H3,(H,23,26)(H,24,25). The first-order valence-corrected chi connectivity index (χ1v) is 9.05. The van der Waals surface area contributed by atoms with Crippen LogP contribution in [0.1, 0.15) is 36.2 Å². The second-order valence-corrected chi connectivity index (χ2v) is 7.20. The lowest BCUT2D eigenvalue weighted by atomic mass is 10.0. The maximum atomic E-state index is 12.6. The van der Waals surface area contributed by atoms with E-state index in [4.69, 9.17) is 23.2 Å².